The Hall–Kier alpha value is -1.56. The number of hydrogen-bond donors (Lipinski definition) is 3. The highest BCUT2D eigenvalue weighted by molar-refractivity contribution is 5.73. The number of carbonyl (C=O) groups excluding carboxylic acids is 1. The lowest BCUT2D eigenvalue weighted by molar-refractivity contribution is 0.0349. The summed E-state index contributed by atoms with van der Waals surface area (Å²) in [5.41, 5.74) is 2.49. The first-order valence-corrected chi connectivity index (χ1v) is 7.56. The van der Waals surface area contributed by atoms with Gasteiger partial charge >= 0.3 is 6.03 Å². The largest absolute Gasteiger partial charge is 0.388 e. The Morgan fingerprint density at radius 3 is 2.38 bits per heavy atom. The van der Waals surface area contributed by atoms with Gasteiger partial charge in [-0.25, -0.2) is 4.79 Å². The molecule has 120 valence electrons. The summed E-state index contributed by atoms with van der Waals surface area (Å²) in [6, 6.07) is -0.241. The lowest BCUT2D eigenvalue weighted by Crippen LogP contribution is -2.46. The Balaban J connectivity index is 2.37. The van der Waals surface area contributed by atoms with Gasteiger partial charge in [0.1, 0.15) is 0 Å². The molecule has 0 radical (unpaired) electrons. The molecule has 0 unspecified atom stereocenters. The number of hydrogen-bond acceptors (Lipinski definition) is 3. The van der Waals surface area contributed by atoms with Gasteiger partial charge in [-0.05, 0) is 38.7 Å². The summed E-state index contributed by atoms with van der Waals surface area (Å²) < 4.78 is 1.85. The Morgan fingerprint density at radius 2 is 1.90 bits per heavy atom. The molecule has 0 bridgehead atoms. The highest BCUT2D eigenvalue weighted by atomic mass is 16.3. The van der Waals surface area contributed by atoms with Crippen LogP contribution in [0, 0.1) is 13.8 Å². The first-order chi connectivity index (χ1) is 9.83. The first-order valence-electron chi connectivity index (χ1n) is 7.56. The molecule has 3 N–H and O–H groups in total. The predicted molar refractivity (Wildman–Crippen MR) is 83.3 cm³/mol. The molecule has 6 nitrogen and oxygen atoms in total. The molecule has 0 saturated heterocycles. The van der Waals surface area contributed by atoms with Crippen LogP contribution in [0.2, 0.25) is 0 Å². The number of aliphatic hydroxyl groups is 1. The minimum Gasteiger partial charge on any atom is -0.388 e. The third-order valence-corrected chi connectivity index (χ3v) is 4.21. The third kappa shape index (κ3) is 4.74. The van der Waals surface area contributed by atoms with Crippen LogP contribution in [0.5, 0.6) is 0 Å². The van der Waals surface area contributed by atoms with Crippen LogP contribution in [0.1, 0.15) is 43.6 Å². The molecule has 21 heavy (non-hydrogen) atoms. The van der Waals surface area contributed by atoms with E-state index in [2.05, 4.69) is 15.7 Å². The standard InChI is InChI=1S/C15H28N4O2/c1-6-15(21,7-2)10-17-14(20)16-9-8-13-11(3)18-19(5)12(13)4/h21H,6-10H2,1-5H3,(H2,16,17,20). The van der Waals surface area contributed by atoms with Gasteiger partial charge in [0, 0.05) is 25.8 Å². The molecular formula is C15H28N4O2. The van der Waals surface area contributed by atoms with Gasteiger partial charge in [-0.1, -0.05) is 13.8 Å². The van der Waals surface area contributed by atoms with E-state index in [1.807, 2.05) is 39.4 Å². The molecule has 0 aliphatic rings. The minimum atomic E-state index is -0.812. The van der Waals surface area contributed by atoms with Crippen LogP contribution in [0.25, 0.3) is 0 Å². The zero-order chi connectivity index (χ0) is 16.0. The van der Waals surface area contributed by atoms with E-state index in [0.717, 1.165) is 17.8 Å². The maximum atomic E-state index is 11.7. The lowest BCUT2D eigenvalue weighted by Gasteiger charge is -2.25. The topological polar surface area (TPSA) is 79.2 Å². The van der Waals surface area contributed by atoms with Crippen LogP contribution in [0.3, 0.4) is 0 Å². The maximum absolute atomic E-state index is 11.7. The smallest absolute Gasteiger partial charge is 0.314 e. The number of urea groups is 1. The Morgan fingerprint density at radius 1 is 1.29 bits per heavy atom. The Bertz CT molecular complexity index is 478. The van der Waals surface area contributed by atoms with E-state index >= 15 is 0 Å². The fourth-order valence-corrected chi connectivity index (χ4v) is 2.29. The van der Waals surface area contributed by atoms with E-state index in [1.54, 1.807) is 0 Å². The van der Waals surface area contributed by atoms with Crippen molar-refractivity contribution in [3.63, 3.8) is 0 Å². The summed E-state index contributed by atoms with van der Waals surface area (Å²) in [6.07, 6.45) is 2.00. The molecule has 0 aliphatic carbocycles. The summed E-state index contributed by atoms with van der Waals surface area (Å²) in [7, 11) is 1.92. The fraction of sp³-hybridized carbons (Fsp3) is 0.733. The van der Waals surface area contributed by atoms with Gasteiger partial charge in [0.15, 0.2) is 0 Å². The van der Waals surface area contributed by atoms with Gasteiger partial charge in [0.25, 0.3) is 0 Å². The van der Waals surface area contributed by atoms with E-state index in [-0.39, 0.29) is 12.6 Å². The van der Waals surface area contributed by atoms with Crippen molar-refractivity contribution >= 4 is 6.03 Å². The monoisotopic (exact) mass is 296 g/mol. The summed E-state index contributed by atoms with van der Waals surface area (Å²) >= 11 is 0. The summed E-state index contributed by atoms with van der Waals surface area (Å²) in [6.45, 7) is 8.66. The zero-order valence-corrected chi connectivity index (χ0v) is 13.8. The molecular weight excluding hydrogens is 268 g/mol. The molecule has 1 rings (SSSR count). The molecule has 0 aliphatic heterocycles. The highest BCUT2D eigenvalue weighted by Crippen LogP contribution is 2.13. The summed E-state index contributed by atoms with van der Waals surface area (Å²) in [5.74, 6) is 0. The number of aromatic nitrogens is 2. The number of carbonyl (C=O) groups is 1. The van der Waals surface area contributed by atoms with E-state index in [9.17, 15) is 9.90 Å². The number of amides is 2. The molecule has 2 amide bonds. The number of nitrogens with zero attached hydrogens (tertiary/aromatic N) is 2. The van der Waals surface area contributed by atoms with E-state index < -0.39 is 5.60 Å². The van der Waals surface area contributed by atoms with Crippen LogP contribution in [0.4, 0.5) is 4.79 Å². The minimum absolute atomic E-state index is 0.241. The molecule has 0 fully saturated rings. The van der Waals surface area contributed by atoms with E-state index in [4.69, 9.17) is 0 Å². The van der Waals surface area contributed by atoms with Crippen molar-refractivity contribution in [2.24, 2.45) is 7.05 Å². The second kappa shape index (κ2) is 7.45. The number of aryl methyl sites for hydroxylation is 2. The lowest BCUT2D eigenvalue weighted by atomic mass is 9.98. The molecule has 6 heteroatoms. The van der Waals surface area contributed by atoms with Crippen molar-refractivity contribution in [2.45, 2.75) is 52.6 Å². The van der Waals surface area contributed by atoms with Crippen molar-refractivity contribution in [1.82, 2.24) is 20.4 Å². The van der Waals surface area contributed by atoms with Gasteiger partial charge < -0.3 is 15.7 Å². The predicted octanol–water partition coefficient (Wildman–Crippen LogP) is 1.43. The van der Waals surface area contributed by atoms with Gasteiger partial charge in [0.2, 0.25) is 0 Å². The van der Waals surface area contributed by atoms with Crippen LogP contribution in [-0.2, 0) is 13.5 Å². The van der Waals surface area contributed by atoms with Crippen molar-refractivity contribution in [3.8, 4) is 0 Å². The van der Waals surface area contributed by atoms with Crippen molar-refractivity contribution in [1.29, 1.82) is 0 Å². The fourth-order valence-electron chi connectivity index (χ4n) is 2.29. The maximum Gasteiger partial charge on any atom is 0.314 e. The van der Waals surface area contributed by atoms with E-state index in [0.29, 0.717) is 19.4 Å². The average Bonchev–Trinajstić information content (AvgIpc) is 2.71. The van der Waals surface area contributed by atoms with Crippen LogP contribution in [-0.4, -0.2) is 39.6 Å². The molecule has 1 aromatic heterocycles. The zero-order valence-electron chi connectivity index (χ0n) is 13.8. The SMILES string of the molecule is CCC(O)(CC)CNC(=O)NCCc1c(C)nn(C)c1C. The second-order valence-electron chi connectivity index (χ2n) is 5.56. The van der Waals surface area contributed by atoms with Gasteiger partial charge in [-0.3, -0.25) is 4.68 Å². The molecule has 0 atom stereocenters. The van der Waals surface area contributed by atoms with Crippen LogP contribution >= 0.6 is 0 Å². The van der Waals surface area contributed by atoms with Crippen molar-refractivity contribution < 1.29 is 9.90 Å². The molecule has 0 aromatic carbocycles. The highest BCUT2D eigenvalue weighted by Gasteiger charge is 2.22. The normalized spacial score (nSPS) is 11.5. The van der Waals surface area contributed by atoms with Crippen LogP contribution in [0.15, 0.2) is 0 Å². The van der Waals surface area contributed by atoms with Gasteiger partial charge in [0.05, 0.1) is 11.3 Å². The first kappa shape index (κ1) is 17.5. The average molecular weight is 296 g/mol. The molecule has 0 saturated carbocycles. The number of rotatable bonds is 7. The van der Waals surface area contributed by atoms with Gasteiger partial charge in [-0.2, -0.15) is 5.10 Å². The van der Waals surface area contributed by atoms with E-state index in [1.165, 1.54) is 5.56 Å². The van der Waals surface area contributed by atoms with Crippen molar-refractivity contribution in [2.75, 3.05) is 13.1 Å². The van der Waals surface area contributed by atoms with Crippen LogP contribution < -0.4 is 10.6 Å². The Labute approximate surface area is 126 Å². The molecule has 1 heterocycles. The van der Waals surface area contributed by atoms with Crippen molar-refractivity contribution in [3.05, 3.63) is 17.0 Å². The van der Waals surface area contributed by atoms with Gasteiger partial charge in [-0.15, -0.1) is 0 Å². The second-order valence-corrected chi connectivity index (χ2v) is 5.56. The number of nitrogens with one attached hydrogen (secondary N) is 2. The Kier molecular flexibility index (Phi) is 6.20. The molecule has 0 spiro atoms. The molecule has 1 aromatic rings. The summed E-state index contributed by atoms with van der Waals surface area (Å²) in [5, 5.41) is 20.0. The quantitative estimate of drug-likeness (QED) is 0.712. The third-order valence-electron chi connectivity index (χ3n) is 4.21. The summed E-state index contributed by atoms with van der Waals surface area (Å²) in [4.78, 5) is 11.7.